The van der Waals surface area contributed by atoms with Crippen LogP contribution in [-0.2, 0) is 11.3 Å². The van der Waals surface area contributed by atoms with E-state index in [9.17, 15) is 4.79 Å². The van der Waals surface area contributed by atoms with Crippen LogP contribution in [0.5, 0.6) is 0 Å². The zero-order chi connectivity index (χ0) is 13.8. The fourth-order valence-corrected chi connectivity index (χ4v) is 1.40. The van der Waals surface area contributed by atoms with E-state index in [2.05, 4.69) is 37.7 Å². The van der Waals surface area contributed by atoms with Crippen molar-refractivity contribution in [3.8, 4) is 0 Å². The molecule has 4 nitrogen and oxygen atoms in total. The van der Waals surface area contributed by atoms with Gasteiger partial charge in [0, 0.05) is 6.54 Å². The summed E-state index contributed by atoms with van der Waals surface area (Å²) in [6, 6.07) is 3.43. The molecule has 1 aromatic rings. The molecule has 0 atom stereocenters. The second kappa shape index (κ2) is 6.05. The van der Waals surface area contributed by atoms with E-state index in [-0.39, 0.29) is 11.2 Å². The Bertz CT molecular complexity index is 393. The molecule has 0 aromatic carbocycles. The summed E-state index contributed by atoms with van der Waals surface area (Å²) in [5.74, 6) is 1.16. The van der Waals surface area contributed by atoms with Crippen molar-refractivity contribution in [3.05, 3.63) is 23.7 Å². The number of hydrogen-bond acceptors (Lipinski definition) is 4. The summed E-state index contributed by atoms with van der Waals surface area (Å²) in [4.78, 5) is 11.2. The molecular formula is C14H23NO3. The van der Waals surface area contributed by atoms with E-state index in [4.69, 9.17) is 4.42 Å². The lowest BCUT2D eigenvalue weighted by atomic mass is 9.81. The lowest BCUT2D eigenvalue weighted by Gasteiger charge is -2.29. The molecule has 18 heavy (non-hydrogen) atoms. The van der Waals surface area contributed by atoms with Gasteiger partial charge in [-0.1, -0.05) is 27.7 Å². The minimum atomic E-state index is -0.441. The monoisotopic (exact) mass is 253 g/mol. The number of hydrogen-bond donors (Lipinski definition) is 1. The molecule has 0 saturated carbocycles. The van der Waals surface area contributed by atoms with Crippen LogP contribution in [0, 0.1) is 11.3 Å². The molecule has 0 aliphatic carbocycles. The SMILES string of the molecule is COC(=O)c1ccc(CNCC(C)(C)C(C)C)o1. The van der Waals surface area contributed by atoms with Crippen molar-refractivity contribution in [2.75, 3.05) is 13.7 Å². The topological polar surface area (TPSA) is 51.5 Å². The summed E-state index contributed by atoms with van der Waals surface area (Å²) in [6.45, 7) is 10.4. The van der Waals surface area contributed by atoms with Gasteiger partial charge in [0.2, 0.25) is 5.76 Å². The van der Waals surface area contributed by atoms with Gasteiger partial charge in [-0.3, -0.25) is 0 Å². The van der Waals surface area contributed by atoms with Gasteiger partial charge in [-0.15, -0.1) is 0 Å². The third kappa shape index (κ3) is 3.88. The molecule has 0 spiro atoms. The highest BCUT2D eigenvalue weighted by molar-refractivity contribution is 5.86. The van der Waals surface area contributed by atoms with Crippen molar-refractivity contribution in [2.45, 2.75) is 34.2 Å². The third-order valence-electron chi connectivity index (χ3n) is 3.49. The lowest BCUT2D eigenvalue weighted by molar-refractivity contribution is 0.0562. The molecule has 1 heterocycles. The first kappa shape index (κ1) is 14.8. The molecule has 0 aliphatic heterocycles. The van der Waals surface area contributed by atoms with E-state index in [1.54, 1.807) is 12.1 Å². The molecule has 1 aromatic heterocycles. The van der Waals surface area contributed by atoms with E-state index in [1.165, 1.54) is 7.11 Å². The van der Waals surface area contributed by atoms with E-state index < -0.39 is 5.97 Å². The fraction of sp³-hybridized carbons (Fsp3) is 0.643. The van der Waals surface area contributed by atoms with E-state index >= 15 is 0 Å². The van der Waals surface area contributed by atoms with E-state index in [0.717, 1.165) is 12.3 Å². The minimum absolute atomic E-state index is 0.234. The summed E-state index contributed by atoms with van der Waals surface area (Å²) in [6.07, 6.45) is 0. The maximum atomic E-state index is 11.2. The van der Waals surface area contributed by atoms with E-state index in [0.29, 0.717) is 12.5 Å². The highest BCUT2D eigenvalue weighted by Gasteiger charge is 2.21. The molecule has 0 aliphatic rings. The Balaban J connectivity index is 2.45. The van der Waals surface area contributed by atoms with Crippen molar-refractivity contribution in [2.24, 2.45) is 11.3 Å². The number of furan rings is 1. The van der Waals surface area contributed by atoms with Gasteiger partial charge < -0.3 is 14.5 Å². The van der Waals surface area contributed by atoms with Crippen molar-refractivity contribution < 1.29 is 13.9 Å². The highest BCUT2D eigenvalue weighted by Crippen LogP contribution is 2.24. The number of ether oxygens (including phenoxy) is 1. The van der Waals surface area contributed by atoms with Gasteiger partial charge in [-0.25, -0.2) is 4.79 Å². The van der Waals surface area contributed by atoms with Crippen LogP contribution in [0.1, 0.15) is 44.0 Å². The van der Waals surface area contributed by atoms with Crippen LogP contribution >= 0.6 is 0 Å². The van der Waals surface area contributed by atoms with Gasteiger partial charge in [0.15, 0.2) is 0 Å². The quantitative estimate of drug-likeness (QED) is 0.792. The van der Waals surface area contributed by atoms with Crippen molar-refractivity contribution >= 4 is 5.97 Å². The summed E-state index contributed by atoms with van der Waals surface area (Å²) in [7, 11) is 1.34. The molecule has 0 saturated heterocycles. The Morgan fingerprint density at radius 1 is 1.44 bits per heavy atom. The van der Waals surface area contributed by atoms with Crippen LogP contribution in [0.3, 0.4) is 0 Å². The second-order valence-corrected chi connectivity index (χ2v) is 5.50. The number of esters is 1. The Hall–Kier alpha value is -1.29. The van der Waals surface area contributed by atoms with Crippen molar-refractivity contribution in [3.63, 3.8) is 0 Å². The maximum absolute atomic E-state index is 11.2. The predicted octanol–water partition coefficient (Wildman–Crippen LogP) is 2.84. The Kier molecular flexibility index (Phi) is 4.96. The average Bonchev–Trinajstić information content (AvgIpc) is 2.76. The van der Waals surface area contributed by atoms with Gasteiger partial charge >= 0.3 is 5.97 Å². The standard InChI is InChI=1S/C14H23NO3/c1-10(2)14(3,4)9-15-8-11-6-7-12(18-11)13(16)17-5/h6-7,10,15H,8-9H2,1-5H3. The normalized spacial score (nSPS) is 11.9. The molecule has 0 radical (unpaired) electrons. The molecule has 0 fully saturated rings. The molecule has 4 heteroatoms. The van der Waals surface area contributed by atoms with Crippen molar-refractivity contribution in [1.29, 1.82) is 0 Å². The molecule has 1 rings (SSSR count). The molecule has 1 N–H and O–H groups in total. The number of nitrogens with one attached hydrogen (secondary N) is 1. The minimum Gasteiger partial charge on any atom is -0.463 e. The summed E-state index contributed by atoms with van der Waals surface area (Å²) < 4.78 is 9.96. The van der Waals surface area contributed by atoms with Gasteiger partial charge in [0.05, 0.1) is 13.7 Å². The summed E-state index contributed by atoms with van der Waals surface area (Å²) in [5.41, 5.74) is 0.234. The molecule has 0 unspecified atom stereocenters. The molecule has 0 bridgehead atoms. The first-order chi connectivity index (χ1) is 8.36. The zero-order valence-corrected chi connectivity index (χ0v) is 11.9. The van der Waals surface area contributed by atoms with Crippen LogP contribution in [0.15, 0.2) is 16.5 Å². The Morgan fingerprint density at radius 2 is 2.11 bits per heavy atom. The number of rotatable bonds is 6. The fourth-order valence-electron chi connectivity index (χ4n) is 1.40. The van der Waals surface area contributed by atoms with Gasteiger partial charge in [-0.05, 0) is 23.5 Å². The van der Waals surface area contributed by atoms with E-state index in [1.807, 2.05) is 0 Å². The smallest absolute Gasteiger partial charge is 0.373 e. The van der Waals surface area contributed by atoms with Crippen LogP contribution in [0.2, 0.25) is 0 Å². The summed E-state index contributed by atoms with van der Waals surface area (Å²) >= 11 is 0. The third-order valence-corrected chi connectivity index (χ3v) is 3.49. The number of methoxy groups -OCH3 is 1. The first-order valence-electron chi connectivity index (χ1n) is 6.24. The second-order valence-electron chi connectivity index (χ2n) is 5.50. The van der Waals surface area contributed by atoms with Crippen LogP contribution in [-0.4, -0.2) is 19.6 Å². The maximum Gasteiger partial charge on any atom is 0.373 e. The molecule has 0 amide bonds. The number of carbonyl (C=O) groups excluding carboxylic acids is 1. The lowest BCUT2D eigenvalue weighted by Crippen LogP contribution is -2.33. The Labute approximate surface area is 109 Å². The van der Waals surface area contributed by atoms with Gasteiger partial charge in [0.1, 0.15) is 5.76 Å². The number of carbonyl (C=O) groups is 1. The largest absolute Gasteiger partial charge is 0.463 e. The van der Waals surface area contributed by atoms with Crippen LogP contribution in [0.25, 0.3) is 0 Å². The van der Waals surface area contributed by atoms with Crippen LogP contribution < -0.4 is 5.32 Å². The first-order valence-corrected chi connectivity index (χ1v) is 6.24. The molecule has 102 valence electrons. The molecular weight excluding hydrogens is 230 g/mol. The summed E-state index contributed by atoms with van der Waals surface area (Å²) in [5, 5.41) is 3.35. The van der Waals surface area contributed by atoms with Gasteiger partial charge in [0.25, 0.3) is 0 Å². The van der Waals surface area contributed by atoms with Crippen LogP contribution in [0.4, 0.5) is 0 Å². The zero-order valence-electron chi connectivity index (χ0n) is 11.9. The van der Waals surface area contributed by atoms with Gasteiger partial charge in [-0.2, -0.15) is 0 Å². The van der Waals surface area contributed by atoms with Crippen molar-refractivity contribution in [1.82, 2.24) is 5.32 Å². The predicted molar refractivity (Wildman–Crippen MR) is 70.4 cm³/mol. The Morgan fingerprint density at radius 3 is 2.67 bits per heavy atom. The average molecular weight is 253 g/mol. The highest BCUT2D eigenvalue weighted by atomic mass is 16.5.